The summed E-state index contributed by atoms with van der Waals surface area (Å²) in [6.07, 6.45) is 0.429. The number of hydrogen-bond acceptors (Lipinski definition) is 2. The van der Waals surface area contributed by atoms with Crippen molar-refractivity contribution in [3.63, 3.8) is 0 Å². The molecule has 0 aliphatic heterocycles. The van der Waals surface area contributed by atoms with E-state index in [0.717, 1.165) is 25.0 Å². The highest BCUT2D eigenvalue weighted by atomic mass is 19.4. The molecule has 1 aromatic rings. The summed E-state index contributed by atoms with van der Waals surface area (Å²) in [7, 11) is 0. The maximum Gasteiger partial charge on any atom is 0.416 e. The fourth-order valence-electron chi connectivity index (χ4n) is 2.44. The summed E-state index contributed by atoms with van der Waals surface area (Å²) < 4.78 is 44.1. The maximum absolute atomic E-state index is 13.0. The van der Waals surface area contributed by atoms with Gasteiger partial charge in [0.1, 0.15) is 0 Å². The topological polar surface area (TPSA) is 29.5 Å². The molecule has 2 rings (SSSR count). The number of amides is 1. The summed E-state index contributed by atoms with van der Waals surface area (Å²) in [6.45, 7) is 4.78. The highest BCUT2D eigenvalue weighted by molar-refractivity contribution is 5.81. The van der Waals surface area contributed by atoms with Crippen LogP contribution in [0.3, 0.4) is 0 Å². The van der Waals surface area contributed by atoms with Crippen LogP contribution < -0.4 is 0 Å². The van der Waals surface area contributed by atoms with Crippen LogP contribution in [0.5, 0.6) is 0 Å². The minimum Gasteiger partial charge on any atom is -0.501 e. The van der Waals surface area contributed by atoms with E-state index >= 15 is 0 Å². The number of carbonyl (C=O) groups excluding carboxylic acids is 1. The Morgan fingerprint density at radius 1 is 1.33 bits per heavy atom. The van der Waals surface area contributed by atoms with Crippen LogP contribution in [-0.2, 0) is 22.3 Å². The Labute approximate surface area is 140 Å². The SMILES string of the molecule is CCOC=Cc1ccc(C(F)(F)F)cc1CN(CC)C(=O)C1CC1. The van der Waals surface area contributed by atoms with Gasteiger partial charge in [0.2, 0.25) is 5.91 Å². The lowest BCUT2D eigenvalue weighted by molar-refractivity contribution is -0.137. The minimum absolute atomic E-state index is 0.0228. The van der Waals surface area contributed by atoms with Crippen molar-refractivity contribution in [3.05, 3.63) is 41.2 Å². The summed E-state index contributed by atoms with van der Waals surface area (Å²) in [4.78, 5) is 13.9. The zero-order valence-corrected chi connectivity index (χ0v) is 13.9. The quantitative estimate of drug-likeness (QED) is 0.685. The number of rotatable bonds is 7. The van der Waals surface area contributed by atoms with Gasteiger partial charge in [-0.25, -0.2) is 0 Å². The van der Waals surface area contributed by atoms with E-state index in [1.54, 1.807) is 11.0 Å². The van der Waals surface area contributed by atoms with Crippen LogP contribution in [0, 0.1) is 5.92 Å². The highest BCUT2D eigenvalue weighted by Gasteiger charge is 2.34. The summed E-state index contributed by atoms with van der Waals surface area (Å²) in [5.41, 5.74) is 0.385. The van der Waals surface area contributed by atoms with Gasteiger partial charge in [0.05, 0.1) is 18.4 Å². The number of alkyl halides is 3. The van der Waals surface area contributed by atoms with E-state index < -0.39 is 11.7 Å². The average Bonchev–Trinajstić information content (AvgIpc) is 3.37. The Kier molecular flexibility index (Phi) is 5.91. The van der Waals surface area contributed by atoms with E-state index in [0.29, 0.717) is 24.3 Å². The van der Waals surface area contributed by atoms with Crippen molar-refractivity contribution in [1.82, 2.24) is 4.90 Å². The van der Waals surface area contributed by atoms with Gasteiger partial charge in [0.25, 0.3) is 0 Å². The zero-order chi connectivity index (χ0) is 17.7. The largest absolute Gasteiger partial charge is 0.501 e. The molecule has 1 aromatic carbocycles. The Balaban J connectivity index is 2.29. The Bertz CT molecular complexity index is 607. The number of hydrogen-bond donors (Lipinski definition) is 0. The van der Waals surface area contributed by atoms with Crippen LogP contribution in [0.2, 0.25) is 0 Å². The first-order chi connectivity index (χ1) is 11.4. The summed E-state index contributed by atoms with van der Waals surface area (Å²) in [5.74, 6) is 0.0628. The Hall–Kier alpha value is -1.98. The van der Waals surface area contributed by atoms with Gasteiger partial charge in [-0.05, 0) is 56.0 Å². The van der Waals surface area contributed by atoms with Crippen molar-refractivity contribution >= 4 is 12.0 Å². The molecule has 1 aliphatic rings. The van der Waals surface area contributed by atoms with Crippen molar-refractivity contribution in [1.29, 1.82) is 0 Å². The van der Waals surface area contributed by atoms with Gasteiger partial charge in [-0.1, -0.05) is 6.07 Å². The molecule has 0 heterocycles. The fourth-order valence-corrected chi connectivity index (χ4v) is 2.44. The molecule has 1 amide bonds. The van der Waals surface area contributed by atoms with Crippen molar-refractivity contribution in [2.24, 2.45) is 5.92 Å². The second-order valence-electron chi connectivity index (χ2n) is 5.80. The molecule has 1 fully saturated rings. The Morgan fingerprint density at radius 3 is 2.58 bits per heavy atom. The number of halogens is 3. The first-order valence-corrected chi connectivity index (χ1v) is 8.13. The third kappa shape index (κ3) is 4.76. The van der Waals surface area contributed by atoms with Gasteiger partial charge in [0.15, 0.2) is 0 Å². The molecular weight excluding hydrogens is 319 g/mol. The van der Waals surface area contributed by atoms with Gasteiger partial charge < -0.3 is 9.64 Å². The van der Waals surface area contributed by atoms with Gasteiger partial charge in [-0.2, -0.15) is 13.2 Å². The highest BCUT2D eigenvalue weighted by Crippen LogP contribution is 2.33. The van der Waals surface area contributed by atoms with Crippen LogP contribution in [-0.4, -0.2) is 24.0 Å². The molecule has 0 saturated heterocycles. The molecule has 0 N–H and O–H groups in total. The first kappa shape index (κ1) is 18.4. The average molecular weight is 341 g/mol. The lowest BCUT2D eigenvalue weighted by Gasteiger charge is -2.22. The summed E-state index contributed by atoms with van der Waals surface area (Å²) in [6, 6.07) is 3.59. The lowest BCUT2D eigenvalue weighted by Crippen LogP contribution is -2.31. The molecule has 0 bridgehead atoms. The molecule has 0 radical (unpaired) electrons. The molecule has 1 aliphatic carbocycles. The molecule has 132 valence electrons. The van der Waals surface area contributed by atoms with Crippen molar-refractivity contribution in [2.75, 3.05) is 13.2 Å². The molecule has 1 saturated carbocycles. The predicted molar refractivity (Wildman–Crippen MR) is 85.9 cm³/mol. The normalized spacial score (nSPS) is 14.9. The van der Waals surface area contributed by atoms with E-state index in [4.69, 9.17) is 4.74 Å². The predicted octanol–water partition coefficient (Wildman–Crippen LogP) is 4.47. The number of benzene rings is 1. The molecule has 0 aromatic heterocycles. The van der Waals surface area contributed by atoms with E-state index in [1.807, 2.05) is 13.8 Å². The number of carbonyl (C=O) groups is 1. The van der Waals surface area contributed by atoms with Crippen LogP contribution in [0.1, 0.15) is 43.4 Å². The van der Waals surface area contributed by atoms with Crippen molar-refractivity contribution < 1.29 is 22.7 Å². The van der Waals surface area contributed by atoms with E-state index in [9.17, 15) is 18.0 Å². The third-order valence-electron chi connectivity index (χ3n) is 3.96. The lowest BCUT2D eigenvalue weighted by atomic mass is 10.0. The maximum atomic E-state index is 13.0. The van der Waals surface area contributed by atoms with Crippen LogP contribution in [0.25, 0.3) is 6.08 Å². The summed E-state index contributed by atoms with van der Waals surface area (Å²) in [5, 5.41) is 0. The molecule has 6 heteroatoms. The van der Waals surface area contributed by atoms with E-state index in [-0.39, 0.29) is 18.4 Å². The van der Waals surface area contributed by atoms with E-state index in [2.05, 4.69) is 0 Å². The van der Waals surface area contributed by atoms with Crippen LogP contribution >= 0.6 is 0 Å². The molecule has 3 nitrogen and oxygen atoms in total. The second-order valence-corrected chi connectivity index (χ2v) is 5.80. The standard InChI is InChI=1S/C18H22F3NO2/c1-3-22(17(23)14-5-6-14)12-15-11-16(18(19,20)21)8-7-13(15)9-10-24-4-2/h7-11,14H,3-6,12H2,1-2H3. The minimum atomic E-state index is -4.41. The Morgan fingerprint density at radius 2 is 2.04 bits per heavy atom. The first-order valence-electron chi connectivity index (χ1n) is 8.13. The van der Waals surface area contributed by atoms with Crippen LogP contribution in [0.15, 0.2) is 24.5 Å². The van der Waals surface area contributed by atoms with Gasteiger partial charge in [-0.15, -0.1) is 0 Å². The molecule has 0 spiro atoms. The number of nitrogens with zero attached hydrogens (tertiary/aromatic N) is 1. The van der Waals surface area contributed by atoms with Crippen LogP contribution in [0.4, 0.5) is 13.2 Å². The molecular formula is C18H22F3NO2. The molecule has 0 unspecified atom stereocenters. The van der Waals surface area contributed by atoms with Crippen molar-refractivity contribution in [3.8, 4) is 0 Å². The van der Waals surface area contributed by atoms with E-state index in [1.165, 1.54) is 12.3 Å². The van der Waals surface area contributed by atoms with Gasteiger partial charge in [-0.3, -0.25) is 4.79 Å². The summed E-state index contributed by atoms with van der Waals surface area (Å²) >= 11 is 0. The second kappa shape index (κ2) is 7.73. The zero-order valence-electron chi connectivity index (χ0n) is 13.9. The van der Waals surface area contributed by atoms with Gasteiger partial charge >= 0.3 is 6.18 Å². The fraction of sp³-hybridized carbons (Fsp3) is 0.500. The van der Waals surface area contributed by atoms with Crippen molar-refractivity contribution in [2.45, 2.75) is 39.4 Å². The molecule has 0 atom stereocenters. The monoisotopic (exact) mass is 341 g/mol. The van der Waals surface area contributed by atoms with Gasteiger partial charge in [0, 0.05) is 19.0 Å². The smallest absolute Gasteiger partial charge is 0.416 e. The molecule has 24 heavy (non-hydrogen) atoms. The third-order valence-corrected chi connectivity index (χ3v) is 3.96. The number of ether oxygens (including phenoxy) is 1.